The van der Waals surface area contributed by atoms with E-state index in [2.05, 4.69) is 19.2 Å². The van der Waals surface area contributed by atoms with Crippen LogP contribution in [0.5, 0.6) is 0 Å². The Morgan fingerprint density at radius 3 is 2.39 bits per heavy atom. The van der Waals surface area contributed by atoms with Gasteiger partial charge in [-0.3, -0.25) is 0 Å². The van der Waals surface area contributed by atoms with Gasteiger partial charge in [0.25, 0.3) is 0 Å². The molecule has 4 heteroatoms. The largest absolute Gasteiger partial charge is 0.314 e. The summed E-state index contributed by atoms with van der Waals surface area (Å²) in [7, 11) is -3.14. The van der Waals surface area contributed by atoms with Crippen molar-refractivity contribution in [2.75, 3.05) is 12.3 Å². The van der Waals surface area contributed by atoms with Crippen LogP contribution in [0, 0.1) is 13.8 Å². The summed E-state index contributed by atoms with van der Waals surface area (Å²) in [6, 6.07) is 5.73. The molecule has 3 nitrogen and oxygen atoms in total. The average Bonchev–Trinajstić information content (AvgIpc) is 2.28. The van der Waals surface area contributed by atoms with Crippen LogP contribution in [0.4, 0.5) is 0 Å². The van der Waals surface area contributed by atoms with Crippen LogP contribution in [0.2, 0.25) is 0 Å². The quantitative estimate of drug-likeness (QED) is 0.807. The summed E-state index contributed by atoms with van der Waals surface area (Å²) in [5, 5.41) is 3.23. The Bertz CT molecular complexity index is 493. The summed E-state index contributed by atoms with van der Waals surface area (Å²) in [4.78, 5) is 0.440. The van der Waals surface area contributed by atoms with Crippen molar-refractivity contribution in [3.05, 3.63) is 29.3 Å². The molecule has 0 fully saturated rings. The summed E-state index contributed by atoms with van der Waals surface area (Å²) >= 11 is 0. The zero-order valence-corrected chi connectivity index (χ0v) is 12.5. The maximum Gasteiger partial charge on any atom is 0.178 e. The van der Waals surface area contributed by atoms with Crippen molar-refractivity contribution in [2.24, 2.45) is 0 Å². The Labute approximate surface area is 111 Å². The molecule has 0 aliphatic heterocycles. The first-order valence-electron chi connectivity index (χ1n) is 6.36. The predicted molar refractivity (Wildman–Crippen MR) is 75.7 cm³/mol. The molecular weight excluding hydrogens is 246 g/mol. The van der Waals surface area contributed by atoms with Gasteiger partial charge in [-0.2, -0.15) is 0 Å². The highest BCUT2D eigenvalue weighted by molar-refractivity contribution is 7.91. The molecule has 1 rings (SSSR count). The van der Waals surface area contributed by atoms with E-state index in [1.807, 2.05) is 19.9 Å². The number of nitrogens with one attached hydrogen (secondary N) is 1. The maximum absolute atomic E-state index is 12.1. The third kappa shape index (κ3) is 4.42. The molecule has 1 aromatic carbocycles. The fourth-order valence-electron chi connectivity index (χ4n) is 1.68. The predicted octanol–water partition coefficient (Wildman–Crippen LogP) is 2.47. The van der Waals surface area contributed by atoms with Crippen LogP contribution >= 0.6 is 0 Å². The fourth-order valence-corrected chi connectivity index (χ4v) is 3.07. The van der Waals surface area contributed by atoms with E-state index in [0.717, 1.165) is 17.7 Å². The first kappa shape index (κ1) is 15.2. The minimum absolute atomic E-state index is 0.204. The summed E-state index contributed by atoms with van der Waals surface area (Å²) in [6.45, 7) is 8.77. The van der Waals surface area contributed by atoms with Crippen LogP contribution in [-0.2, 0) is 9.84 Å². The lowest BCUT2D eigenvalue weighted by atomic mass is 10.1. The molecule has 1 N–H and O–H groups in total. The topological polar surface area (TPSA) is 46.2 Å². The molecule has 1 aromatic rings. The summed E-state index contributed by atoms with van der Waals surface area (Å²) in [5.41, 5.74) is 2.15. The van der Waals surface area contributed by atoms with E-state index in [1.54, 1.807) is 12.1 Å². The molecule has 0 radical (unpaired) electrons. The van der Waals surface area contributed by atoms with E-state index in [1.165, 1.54) is 0 Å². The zero-order valence-electron chi connectivity index (χ0n) is 11.7. The lowest BCUT2D eigenvalue weighted by molar-refractivity contribution is 0.568. The van der Waals surface area contributed by atoms with Gasteiger partial charge >= 0.3 is 0 Å². The van der Waals surface area contributed by atoms with Gasteiger partial charge in [0.1, 0.15) is 0 Å². The highest BCUT2D eigenvalue weighted by Gasteiger charge is 2.14. The van der Waals surface area contributed by atoms with Crippen molar-refractivity contribution >= 4 is 9.84 Å². The Kier molecular flexibility index (Phi) is 5.35. The normalized spacial score (nSPS) is 12.1. The SMILES string of the molecule is Cc1ccc(S(=O)(=O)CCCNC(C)C)cc1C. The number of aryl methyl sites for hydroxylation is 2. The van der Waals surface area contributed by atoms with Gasteiger partial charge in [0.05, 0.1) is 10.6 Å². The monoisotopic (exact) mass is 269 g/mol. The molecule has 0 heterocycles. The lowest BCUT2D eigenvalue weighted by Crippen LogP contribution is -2.25. The summed E-state index contributed by atoms with van der Waals surface area (Å²) in [6.07, 6.45) is 0.646. The molecule has 102 valence electrons. The zero-order chi connectivity index (χ0) is 13.8. The van der Waals surface area contributed by atoms with Crippen LogP contribution in [0.3, 0.4) is 0 Å². The molecule has 0 atom stereocenters. The molecule has 0 unspecified atom stereocenters. The van der Waals surface area contributed by atoms with Crippen molar-refractivity contribution < 1.29 is 8.42 Å². The molecule has 18 heavy (non-hydrogen) atoms. The van der Waals surface area contributed by atoms with Gasteiger partial charge in [-0.25, -0.2) is 8.42 Å². The van der Waals surface area contributed by atoms with Gasteiger partial charge < -0.3 is 5.32 Å². The molecule has 0 aromatic heterocycles. The Morgan fingerprint density at radius 1 is 1.17 bits per heavy atom. The third-order valence-electron chi connectivity index (χ3n) is 2.98. The first-order chi connectivity index (χ1) is 8.33. The van der Waals surface area contributed by atoms with Crippen LogP contribution in [-0.4, -0.2) is 26.8 Å². The van der Waals surface area contributed by atoms with Crippen molar-refractivity contribution in [1.29, 1.82) is 0 Å². The molecule has 0 bridgehead atoms. The van der Waals surface area contributed by atoms with Crippen LogP contribution in [0.1, 0.15) is 31.4 Å². The fraction of sp³-hybridized carbons (Fsp3) is 0.571. The molecular formula is C14H23NO2S. The van der Waals surface area contributed by atoms with Crippen molar-refractivity contribution in [2.45, 2.75) is 45.1 Å². The van der Waals surface area contributed by atoms with Gasteiger partial charge in [0.15, 0.2) is 9.84 Å². The first-order valence-corrected chi connectivity index (χ1v) is 8.01. The van der Waals surface area contributed by atoms with Crippen LogP contribution in [0.15, 0.2) is 23.1 Å². The molecule has 0 saturated carbocycles. The van der Waals surface area contributed by atoms with Gasteiger partial charge in [-0.1, -0.05) is 19.9 Å². The average molecular weight is 269 g/mol. The third-order valence-corrected chi connectivity index (χ3v) is 4.78. The Morgan fingerprint density at radius 2 is 1.83 bits per heavy atom. The molecule has 0 saturated heterocycles. The van der Waals surface area contributed by atoms with Crippen molar-refractivity contribution in [1.82, 2.24) is 5.32 Å². The number of hydrogen-bond donors (Lipinski definition) is 1. The Hall–Kier alpha value is -0.870. The van der Waals surface area contributed by atoms with Gasteiger partial charge in [-0.15, -0.1) is 0 Å². The van der Waals surface area contributed by atoms with Crippen LogP contribution < -0.4 is 5.32 Å². The van der Waals surface area contributed by atoms with E-state index in [-0.39, 0.29) is 5.75 Å². The lowest BCUT2D eigenvalue weighted by Gasteiger charge is -2.09. The number of benzene rings is 1. The number of hydrogen-bond acceptors (Lipinski definition) is 3. The minimum Gasteiger partial charge on any atom is -0.314 e. The van der Waals surface area contributed by atoms with Crippen molar-refractivity contribution in [3.63, 3.8) is 0 Å². The van der Waals surface area contributed by atoms with Gasteiger partial charge in [-0.05, 0) is 50.1 Å². The summed E-state index contributed by atoms with van der Waals surface area (Å²) in [5.74, 6) is 0.204. The highest BCUT2D eigenvalue weighted by Crippen LogP contribution is 2.16. The summed E-state index contributed by atoms with van der Waals surface area (Å²) < 4.78 is 24.2. The highest BCUT2D eigenvalue weighted by atomic mass is 32.2. The molecule has 0 aliphatic rings. The Balaban J connectivity index is 2.66. The van der Waals surface area contributed by atoms with E-state index in [0.29, 0.717) is 17.4 Å². The van der Waals surface area contributed by atoms with Gasteiger partial charge in [0.2, 0.25) is 0 Å². The second-order valence-corrected chi connectivity index (χ2v) is 7.14. The van der Waals surface area contributed by atoms with E-state index in [9.17, 15) is 8.42 Å². The smallest absolute Gasteiger partial charge is 0.178 e. The second kappa shape index (κ2) is 6.34. The van der Waals surface area contributed by atoms with E-state index < -0.39 is 9.84 Å². The maximum atomic E-state index is 12.1. The van der Waals surface area contributed by atoms with Crippen molar-refractivity contribution in [3.8, 4) is 0 Å². The number of rotatable bonds is 6. The second-order valence-electron chi connectivity index (χ2n) is 5.03. The minimum atomic E-state index is -3.14. The molecule has 0 spiro atoms. The van der Waals surface area contributed by atoms with Gasteiger partial charge in [0, 0.05) is 6.04 Å². The molecule has 0 aliphatic carbocycles. The van der Waals surface area contributed by atoms with Crippen LogP contribution in [0.25, 0.3) is 0 Å². The number of sulfone groups is 1. The van der Waals surface area contributed by atoms with E-state index >= 15 is 0 Å². The van der Waals surface area contributed by atoms with E-state index in [4.69, 9.17) is 0 Å². The molecule has 0 amide bonds. The standard InChI is InChI=1S/C14H23NO2S/c1-11(2)15-8-5-9-18(16,17)14-7-6-12(3)13(4)10-14/h6-7,10-11,15H,5,8-9H2,1-4H3.